The van der Waals surface area contributed by atoms with E-state index in [4.69, 9.17) is 25.5 Å². The molecule has 0 aromatic heterocycles. The van der Waals surface area contributed by atoms with Crippen molar-refractivity contribution in [3.63, 3.8) is 0 Å². The molecule has 7 N–H and O–H groups in total. The van der Waals surface area contributed by atoms with Crippen LogP contribution in [0.4, 0.5) is 0 Å². The highest BCUT2D eigenvalue weighted by Crippen LogP contribution is 2.00. The number of nitrogens with two attached hydrogens (primary N) is 1. The molecule has 1 amide bonds. The summed E-state index contributed by atoms with van der Waals surface area (Å²) in [5, 5.41) is 43.1. The SMILES string of the molecule is C=CC(N)=O.O=C(CO)[C@H](O)[C@@H](O)[C@H](O)CO. The number of hydrogen-bond donors (Lipinski definition) is 6. The predicted octanol–water partition coefficient (Wildman–Crippen LogP) is -3.72. The molecule has 17 heavy (non-hydrogen) atoms. The molecular weight excluding hydrogens is 234 g/mol. The van der Waals surface area contributed by atoms with E-state index < -0.39 is 43.2 Å². The molecule has 0 bridgehead atoms. The second-order valence-corrected chi connectivity index (χ2v) is 2.92. The van der Waals surface area contributed by atoms with Crippen molar-refractivity contribution >= 4 is 11.7 Å². The number of ketones is 1. The van der Waals surface area contributed by atoms with Gasteiger partial charge in [-0.15, -0.1) is 0 Å². The van der Waals surface area contributed by atoms with Crippen molar-refractivity contribution in [2.24, 2.45) is 5.73 Å². The normalized spacial score (nSPS) is 14.9. The number of aliphatic hydroxyl groups excluding tert-OH is 5. The minimum Gasteiger partial charge on any atom is -0.394 e. The first-order valence-electron chi connectivity index (χ1n) is 4.52. The van der Waals surface area contributed by atoms with Crippen molar-refractivity contribution in [3.05, 3.63) is 12.7 Å². The zero-order valence-corrected chi connectivity index (χ0v) is 9.06. The second-order valence-electron chi connectivity index (χ2n) is 2.92. The number of rotatable bonds is 6. The van der Waals surface area contributed by atoms with Crippen LogP contribution in [0, 0.1) is 0 Å². The lowest BCUT2D eigenvalue weighted by Gasteiger charge is -2.19. The molecular formula is C9H17NO7. The average Bonchev–Trinajstić information content (AvgIpc) is 2.35. The van der Waals surface area contributed by atoms with E-state index in [-0.39, 0.29) is 0 Å². The van der Waals surface area contributed by atoms with Crippen molar-refractivity contribution in [2.75, 3.05) is 13.2 Å². The Hall–Kier alpha value is -1.32. The van der Waals surface area contributed by atoms with E-state index >= 15 is 0 Å². The maximum absolute atomic E-state index is 10.5. The zero-order valence-electron chi connectivity index (χ0n) is 9.06. The van der Waals surface area contributed by atoms with Gasteiger partial charge in [-0.3, -0.25) is 9.59 Å². The molecule has 3 atom stereocenters. The third kappa shape index (κ3) is 8.48. The fourth-order valence-corrected chi connectivity index (χ4v) is 0.602. The highest BCUT2D eigenvalue weighted by atomic mass is 16.4. The van der Waals surface area contributed by atoms with Crippen molar-refractivity contribution in [2.45, 2.75) is 18.3 Å². The number of carbonyl (C=O) groups is 2. The van der Waals surface area contributed by atoms with Gasteiger partial charge in [0.05, 0.1) is 6.61 Å². The largest absolute Gasteiger partial charge is 0.394 e. The van der Waals surface area contributed by atoms with Crippen LogP contribution in [-0.2, 0) is 9.59 Å². The van der Waals surface area contributed by atoms with Crippen LogP contribution >= 0.6 is 0 Å². The predicted molar refractivity (Wildman–Crippen MR) is 56.6 cm³/mol. The fourth-order valence-electron chi connectivity index (χ4n) is 0.602. The summed E-state index contributed by atoms with van der Waals surface area (Å²) in [5.41, 5.74) is 4.53. The van der Waals surface area contributed by atoms with Gasteiger partial charge >= 0.3 is 0 Å². The lowest BCUT2D eigenvalue weighted by atomic mass is 10.1. The van der Waals surface area contributed by atoms with E-state index in [0.717, 1.165) is 6.08 Å². The number of Topliss-reactive ketones (excluding diaryl/α,β-unsaturated/α-hetero) is 1. The lowest BCUT2D eigenvalue weighted by molar-refractivity contribution is -0.142. The van der Waals surface area contributed by atoms with Crippen LogP contribution in [0.3, 0.4) is 0 Å². The molecule has 0 aliphatic rings. The van der Waals surface area contributed by atoms with Crippen LogP contribution in [-0.4, -0.2) is 68.7 Å². The maximum atomic E-state index is 10.5. The van der Waals surface area contributed by atoms with Crippen molar-refractivity contribution < 1.29 is 35.1 Å². The minimum atomic E-state index is -1.86. The molecule has 0 fully saturated rings. The quantitative estimate of drug-likeness (QED) is 0.264. The maximum Gasteiger partial charge on any atom is 0.240 e. The number of aliphatic hydroxyl groups is 5. The molecule has 0 spiro atoms. The molecule has 0 aromatic rings. The van der Waals surface area contributed by atoms with Gasteiger partial charge in [-0.2, -0.15) is 0 Å². The molecule has 0 saturated carbocycles. The monoisotopic (exact) mass is 251 g/mol. The Morgan fingerprint density at radius 1 is 1.24 bits per heavy atom. The van der Waals surface area contributed by atoms with Gasteiger partial charge in [0, 0.05) is 0 Å². The molecule has 0 unspecified atom stereocenters. The highest BCUT2D eigenvalue weighted by Gasteiger charge is 2.28. The second kappa shape index (κ2) is 9.87. The Morgan fingerprint density at radius 2 is 1.65 bits per heavy atom. The first-order chi connectivity index (χ1) is 7.81. The Bertz CT molecular complexity index is 256. The van der Waals surface area contributed by atoms with Crippen LogP contribution < -0.4 is 5.73 Å². The summed E-state index contributed by atoms with van der Waals surface area (Å²) < 4.78 is 0. The van der Waals surface area contributed by atoms with Gasteiger partial charge in [-0.05, 0) is 6.08 Å². The topological polar surface area (TPSA) is 161 Å². The molecule has 8 nitrogen and oxygen atoms in total. The van der Waals surface area contributed by atoms with Crippen LogP contribution in [0.1, 0.15) is 0 Å². The summed E-state index contributed by atoms with van der Waals surface area (Å²) in [7, 11) is 0. The Balaban J connectivity index is 0. The average molecular weight is 251 g/mol. The van der Waals surface area contributed by atoms with E-state index in [0.29, 0.717) is 0 Å². The van der Waals surface area contributed by atoms with Gasteiger partial charge in [0.25, 0.3) is 0 Å². The first kappa shape index (κ1) is 18.1. The first-order valence-corrected chi connectivity index (χ1v) is 4.52. The molecule has 0 aliphatic carbocycles. The smallest absolute Gasteiger partial charge is 0.240 e. The van der Waals surface area contributed by atoms with E-state index in [1.54, 1.807) is 0 Å². The number of amides is 1. The van der Waals surface area contributed by atoms with Gasteiger partial charge in [0.2, 0.25) is 5.91 Å². The van der Waals surface area contributed by atoms with Crippen LogP contribution in [0.5, 0.6) is 0 Å². The fraction of sp³-hybridized carbons (Fsp3) is 0.556. The number of hydrogen-bond acceptors (Lipinski definition) is 7. The van der Waals surface area contributed by atoms with Crippen LogP contribution in [0.15, 0.2) is 12.7 Å². The standard InChI is InChI=1S/C6H12O6.C3H5NO/c7-1-3(9)5(11)6(12)4(10)2-8;1-2-3(4)5/h3,5-9,11-12H,1-2H2;2H,1H2,(H2,4,5)/t3-,5+,6+;/m1./s1. The summed E-state index contributed by atoms with van der Waals surface area (Å²) in [5.74, 6) is -1.49. The molecule has 100 valence electrons. The van der Waals surface area contributed by atoms with Crippen LogP contribution in [0.25, 0.3) is 0 Å². The highest BCUT2D eigenvalue weighted by molar-refractivity contribution is 5.85. The zero-order chi connectivity index (χ0) is 14.0. The van der Waals surface area contributed by atoms with E-state index in [1.807, 2.05) is 0 Å². The summed E-state index contributed by atoms with van der Waals surface area (Å²) in [6, 6.07) is 0. The molecule has 0 heterocycles. The Kier molecular flexibility index (Phi) is 10.5. The van der Waals surface area contributed by atoms with E-state index in [9.17, 15) is 9.59 Å². The summed E-state index contributed by atoms with van der Waals surface area (Å²) in [6.45, 7) is 1.40. The molecule has 8 heteroatoms. The minimum absolute atomic E-state index is 0.481. The third-order valence-corrected chi connectivity index (χ3v) is 1.59. The molecule has 0 radical (unpaired) electrons. The molecule has 0 rings (SSSR count). The lowest BCUT2D eigenvalue weighted by Crippen LogP contribution is -2.44. The summed E-state index contributed by atoms with van der Waals surface area (Å²) >= 11 is 0. The Labute approximate surface area is 97.6 Å². The Morgan fingerprint density at radius 3 is 1.88 bits per heavy atom. The van der Waals surface area contributed by atoms with Gasteiger partial charge in [0.1, 0.15) is 24.9 Å². The van der Waals surface area contributed by atoms with Gasteiger partial charge < -0.3 is 31.3 Å². The van der Waals surface area contributed by atoms with Crippen molar-refractivity contribution in [1.29, 1.82) is 0 Å². The molecule has 0 aromatic carbocycles. The van der Waals surface area contributed by atoms with Crippen LogP contribution in [0.2, 0.25) is 0 Å². The van der Waals surface area contributed by atoms with Gasteiger partial charge in [-0.25, -0.2) is 0 Å². The van der Waals surface area contributed by atoms with E-state index in [2.05, 4.69) is 12.3 Å². The van der Waals surface area contributed by atoms with E-state index in [1.165, 1.54) is 0 Å². The summed E-state index contributed by atoms with van der Waals surface area (Å²) in [6.07, 6.45) is -4.16. The van der Waals surface area contributed by atoms with Gasteiger partial charge in [0.15, 0.2) is 5.78 Å². The number of carbonyl (C=O) groups excluding carboxylic acids is 2. The van der Waals surface area contributed by atoms with Crippen molar-refractivity contribution in [3.8, 4) is 0 Å². The number of primary amides is 1. The van der Waals surface area contributed by atoms with Crippen molar-refractivity contribution in [1.82, 2.24) is 0 Å². The molecule has 0 saturated heterocycles. The van der Waals surface area contributed by atoms with Gasteiger partial charge in [-0.1, -0.05) is 6.58 Å². The summed E-state index contributed by atoms with van der Waals surface area (Å²) in [4.78, 5) is 20.0. The third-order valence-electron chi connectivity index (χ3n) is 1.59. The molecule has 0 aliphatic heterocycles.